The summed E-state index contributed by atoms with van der Waals surface area (Å²) < 4.78 is 25.4. The van der Waals surface area contributed by atoms with Crippen LogP contribution >= 0.6 is 12.4 Å². The first-order valence-electron chi connectivity index (χ1n) is 7.02. The lowest BCUT2D eigenvalue weighted by atomic mass is 9.88. The van der Waals surface area contributed by atoms with E-state index in [2.05, 4.69) is 10.2 Å². The number of nitrogens with zero attached hydrogens (tertiary/aromatic N) is 1. The molecule has 2 heterocycles. The van der Waals surface area contributed by atoms with Gasteiger partial charge in [-0.05, 0) is 49.5 Å². The minimum absolute atomic E-state index is 0. The van der Waals surface area contributed by atoms with Gasteiger partial charge in [0.15, 0.2) is 0 Å². The van der Waals surface area contributed by atoms with Crippen LogP contribution in [0.15, 0.2) is 24.3 Å². The first-order valence-corrected chi connectivity index (χ1v) is 7.02. The molecular weight excluding hydrogens is 282 g/mol. The van der Waals surface area contributed by atoms with Gasteiger partial charge >= 0.3 is 0 Å². The lowest BCUT2D eigenvalue weighted by Gasteiger charge is -2.34. The average molecular weight is 303 g/mol. The van der Waals surface area contributed by atoms with Crippen LogP contribution in [-0.2, 0) is 6.54 Å². The van der Waals surface area contributed by atoms with Gasteiger partial charge in [0, 0.05) is 18.7 Å². The molecule has 2 nitrogen and oxygen atoms in total. The Morgan fingerprint density at radius 3 is 2.85 bits per heavy atom. The molecule has 20 heavy (non-hydrogen) atoms. The van der Waals surface area contributed by atoms with E-state index >= 15 is 0 Å². The van der Waals surface area contributed by atoms with Crippen molar-refractivity contribution in [2.45, 2.75) is 19.4 Å². The maximum absolute atomic E-state index is 12.7. The van der Waals surface area contributed by atoms with Gasteiger partial charge in [-0.15, -0.1) is 12.4 Å². The van der Waals surface area contributed by atoms with Crippen molar-refractivity contribution < 1.29 is 8.78 Å². The third-order valence-corrected chi connectivity index (χ3v) is 4.40. The number of halogens is 3. The van der Waals surface area contributed by atoms with Crippen LogP contribution in [0.4, 0.5) is 8.78 Å². The number of nitrogens with one attached hydrogen (secondary N) is 1. The number of fused-ring (bicyclic) bond motifs is 1. The molecule has 0 saturated carbocycles. The van der Waals surface area contributed by atoms with Gasteiger partial charge in [0.05, 0.1) is 0 Å². The van der Waals surface area contributed by atoms with Crippen LogP contribution in [0.2, 0.25) is 0 Å². The van der Waals surface area contributed by atoms with Crippen molar-refractivity contribution in [3.05, 3.63) is 35.4 Å². The van der Waals surface area contributed by atoms with Crippen LogP contribution in [0.3, 0.4) is 0 Å². The fraction of sp³-hybridized carbons (Fsp3) is 0.600. The Balaban J connectivity index is 0.00000147. The van der Waals surface area contributed by atoms with Gasteiger partial charge in [0.1, 0.15) is 0 Å². The van der Waals surface area contributed by atoms with Gasteiger partial charge in [0.2, 0.25) is 0 Å². The molecular formula is C15H21ClF2N2. The van der Waals surface area contributed by atoms with Crippen molar-refractivity contribution in [3.8, 4) is 0 Å². The summed E-state index contributed by atoms with van der Waals surface area (Å²) in [5, 5.41) is 3.45. The predicted octanol–water partition coefficient (Wildman–Crippen LogP) is 3.09. The third kappa shape index (κ3) is 3.48. The van der Waals surface area contributed by atoms with E-state index in [0.717, 1.165) is 50.1 Å². The molecule has 2 unspecified atom stereocenters. The first kappa shape index (κ1) is 15.7. The third-order valence-electron chi connectivity index (χ3n) is 4.40. The Labute approximate surface area is 124 Å². The highest BCUT2D eigenvalue weighted by molar-refractivity contribution is 5.85. The number of piperidine rings is 1. The van der Waals surface area contributed by atoms with Gasteiger partial charge in [-0.1, -0.05) is 18.2 Å². The SMILES string of the molecule is Cl.FC(F)c1cccc(CN2CCC3CNCC3C2)c1. The Bertz CT molecular complexity index is 442. The van der Waals surface area contributed by atoms with Crippen molar-refractivity contribution in [3.63, 3.8) is 0 Å². The van der Waals surface area contributed by atoms with Gasteiger partial charge in [-0.25, -0.2) is 8.78 Å². The van der Waals surface area contributed by atoms with Gasteiger partial charge in [0.25, 0.3) is 6.43 Å². The zero-order valence-electron chi connectivity index (χ0n) is 11.4. The largest absolute Gasteiger partial charge is 0.316 e. The number of hydrogen-bond acceptors (Lipinski definition) is 2. The van der Waals surface area contributed by atoms with Crippen LogP contribution in [0.25, 0.3) is 0 Å². The van der Waals surface area contributed by atoms with Gasteiger partial charge < -0.3 is 5.32 Å². The fourth-order valence-electron chi connectivity index (χ4n) is 3.34. The topological polar surface area (TPSA) is 15.3 Å². The summed E-state index contributed by atoms with van der Waals surface area (Å²) in [5.74, 6) is 1.57. The highest BCUT2D eigenvalue weighted by Crippen LogP contribution is 2.28. The first-order chi connectivity index (χ1) is 9.22. The summed E-state index contributed by atoms with van der Waals surface area (Å²) in [4.78, 5) is 2.40. The second kappa shape index (κ2) is 6.83. The zero-order valence-corrected chi connectivity index (χ0v) is 12.2. The molecule has 2 aliphatic rings. The highest BCUT2D eigenvalue weighted by atomic mass is 35.5. The summed E-state index contributed by atoms with van der Waals surface area (Å²) in [7, 11) is 0. The van der Waals surface area contributed by atoms with E-state index < -0.39 is 6.43 Å². The summed E-state index contributed by atoms with van der Waals surface area (Å²) in [6, 6.07) is 6.83. The van der Waals surface area contributed by atoms with Crippen molar-refractivity contribution in [2.24, 2.45) is 11.8 Å². The van der Waals surface area contributed by atoms with Crippen LogP contribution in [0, 0.1) is 11.8 Å². The minimum Gasteiger partial charge on any atom is -0.316 e. The number of alkyl halides is 2. The predicted molar refractivity (Wildman–Crippen MR) is 78.4 cm³/mol. The second-order valence-corrected chi connectivity index (χ2v) is 5.75. The number of rotatable bonds is 3. The molecule has 2 saturated heterocycles. The van der Waals surface area contributed by atoms with Crippen LogP contribution < -0.4 is 5.32 Å². The molecule has 1 aromatic carbocycles. The molecule has 1 N–H and O–H groups in total. The zero-order chi connectivity index (χ0) is 13.2. The molecule has 0 bridgehead atoms. The molecule has 2 fully saturated rings. The molecule has 0 radical (unpaired) electrons. The van der Waals surface area contributed by atoms with Crippen LogP contribution in [0.5, 0.6) is 0 Å². The number of hydrogen-bond donors (Lipinski definition) is 1. The fourth-order valence-corrected chi connectivity index (χ4v) is 3.34. The lowest BCUT2D eigenvalue weighted by molar-refractivity contribution is 0.140. The van der Waals surface area contributed by atoms with Gasteiger partial charge in [-0.3, -0.25) is 4.90 Å². The Kier molecular flexibility index (Phi) is 5.35. The van der Waals surface area contributed by atoms with E-state index in [-0.39, 0.29) is 18.0 Å². The summed E-state index contributed by atoms with van der Waals surface area (Å²) in [6.45, 7) is 5.24. The standard InChI is InChI=1S/C15H20F2N2.ClH/c16-15(17)12-3-1-2-11(6-12)9-19-5-4-13-7-18-8-14(13)10-19;/h1-3,6,13-15,18H,4-5,7-10H2;1H. The highest BCUT2D eigenvalue weighted by Gasteiger charge is 2.32. The molecule has 0 aliphatic carbocycles. The van der Waals surface area contributed by atoms with Crippen LogP contribution in [-0.4, -0.2) is 31.1 Å². The minimum atomic E-state index is -2.37. The van der Waals surface area contributed by atoms with E-state index in [1.165, 1.54) is 12.5 Å². The lowest BCUT2D eigenvalue weighted by Crippen LogP contribution is -2.39. The maximum atomic E-state index is 12.7. The van der Waals surface area contributed by atoms with Gasteiger partial charge in [-0.2, -0.15) is 0 Å². The smallest absolute Gasteiger partial charge is 0.263 e. The molecule has 2 atom stereocenters. The molecule has 1 aromatic rings. The quantitative estimate of drug-likeness (QED) is 0.923. The van der Waals surface area contributed by atoms with E-state index in [1.54, 1.807) is 12.1 Å². The van der Waals surface area contributed by atoms with Crippen molar-refractivity contribution in [1.82, 2.24) is 10.2 Å². The Morgan fingerprint density at radius 2 is 2.05 bits per heavy atom. The van der Waals surface area contributed by atoms with Crippen molar-refractivity contribution in [1.29, 1.82) is 0 Å². The van der Waals surface area contributed by atoms with E-state index in [9.17, 15) is 8.78 Å². The number of likely N-dealkylation sites (tertiary alicyclic amines) is 1. The molecule has 5 heteroatoms. The van der Waals surface area contributed by atoms with E-state index in [4.69, 9.17) is 0 Å². The molecule has 0 aromatic heterocycles. The normalized spacial score (nSPS) is 26.4. The number of benzene rings is 1. The van der Waals surface area contributed by atoms with E-state index in [1.807, 2.05) is 6.07 Å². The maximum Gasteiger partial charge on any atom is 0.263 e. The molecule has 112 valence electrons. The Morgan fingerprint density at radius 1 is 1.25 bits per heavy atom. The van der Waals surface area contributed by atoms with E-state index in [0.29, 0.717) is 0 Å². The van der Waals surface area contributed by atoms with Crippen LogP contribution in [0.1, 0.15) is 24.0 Å². The summed E-state index contributed by atoms with van der Waals surface area (Å²) in [6.07, 6.45) is -1.14. The summed E-state index contributed by atoms with van der Waals surface area (Å²) >= 11 is 0. The molecule has 0 amide bonds. The van der Waals surface area contributed by atoms with Crippen molar-refractivity contribution in [2.75, 3.05) is 26.2 Å². The summed E-state index contributed by atoms with van der Waals surface area (Å²) in [5.41, 5.74) is 1.14. The average Bonchev–Trinajstić information content (AvgIpc) is 2.86. The Hall–Kier alpha value is -0.710. The molecule has 2 aliphatic heterocycles. The van der Waals surface area contributed by atoms with Crippen molar-refractivity contribution >= 4 is 12.4 Å². The second-order valence-electron chi connectivity index (χ2n) is 5.75. The monoisotopic (exact) mass is 302 g/mol. The molecule has 3 rings (SSSR count). The molecule has 0 spiro atoms.